The van der Waals surface area contributed by atoms with Crippen LogP contribution in [-0.4, -0.2) is 44.0 Å². The Morgan fingerprint density at radius 1 is 0.466 bits per heavy atom. The highest BCUT2D eigenvalue weighted by molar-refractivity contribution is 6.12. The van der Waals surface area contributed by atoms with E-state index < -0.39 is 11.7 Å². The number of rotatable bonds is 5. The fraction of sp³-hybridized carbons (Fsp3) is 0.109. The van der Waals surface area contributed by atoms with Crippen LogP contribution >= 0.6 is 0 Å². The lowest BCUT2D eigenvalue weighted by atomic mass is 9.98. The van der Waals surface area contributed by atoms with E-state index in [1.54, 1.807) is 18.3 Å². The maximum atomic E-state index is 15.2. The van der Waals surface area contributed by atoms with E-state index in [0.29, 0.717) is 51.9 Å². The molecule has 0 spiro atoms. The second-order valence-electron chi connectivity index (χ2n) is 14.3. The van der Waals surface area contributed by atoms with E-state index in [0.717, 1.165) is 54.7 Å². The third-order valence-electron chi connectivity index (χ3n) is 10.5. The lowest BCUT2D eigenvalue weighted by Crippen LogP contribution is -2.09. The summed E-state index contributed by atoms with van der Waals surface area (Å²) in [6.07, 6.45) is -1.53. The van der Waals surface area contributed by atoms with Crippen LogP contribution in [0.1, 0.15) is 28.9 Å². The quantitative estimate of drug-likeness (QED) is 0.172. The second-order valence-corrected chi connectivity index (χ2v) is 14.3. The van der Waals surface area contributed by atoms with Gasteiger partial charge >= 0.3 is 6.18 Å². The summed E-state index contributed by atoms with van der Waals surface area (Å²) in [5.74, 6) is 3.58. The van der Waals surface area contributed by atoms with Crippen LogP contribution < -0.4 is 0 Å². The standard InChI is InChI=1S/C46H32F3N9/c1-25-51-26(2)54-44(53-25)29-13-17-41-35(21-29)32-9-5-7-11-39(32)57(41)31-15-16-38(46(47,48)49)34(23-31)37-24-50-20-19-43(37)58-40-12-8-6-10-33(40)36-22-30(14-18-42(36)58)45-55-27(3)52-28(4)56-45/h5-24H,1-4H3. The van der Waals surface area contributed by atoms with Crippen molar-refractivity contribution in [1.29, 1.82) is 0 Å². The Morgan fingerprint density at radius 2 is 0.966 bits per heavy atom. The number of aromatic nitrogens is 9. The molecule has 12 heteroatoms. The van der Waals surface area contributed by atoms with Crippen LogP contribution in [0.2, 0.25) is 0 Å². The zero-order chi connectivity index (χ0) is 39.9. The van der Waals surface area contributed by atoms with E-state index in [1.807, 2.05) is 122 Å². The average molecular weight is 768 g/mol. The summed E-state index contributed by atoms with van der Waals surface area (Å²) in [5.41, 5.74) is 5.62. The van der Waals surface area contributed by atoms with Crippen LogP contribution in [0.4, 0.5) is 13.2 Å². The molecular weight excluding hydrogens is 736 g/mol. The minimum Gasteiger partial charge on any atom is -0.309 e. The normalized spacial score (nSPS) is 12.1. The highest BCUT2D eigenvalue weighted by Gasteiger charge is 2.35. The number of aryl methyl sites for hydroxylation is 4. The van der Waals surface area contributed by atoms with Gasteiger partial charge in [-0.15, -0.1) is 0 Å². The van der Waals surface area contributed by atoms with Gasteiger partial charge in [-0.05, 0) is 106 Å². The summed E-state index contributed by atoms with van der Waals surface area (Å²) in [6.45, 7) is 7.32. The Morgan fingerprint density at radius 3 is 1.52 bits per heavy atom. The first-order valence-corrected chi connectivity index (χ1v) is 18.6. The Bertz CT molecular complexity index is 3250. The van der Waals surface area contributed by atoms with Gasteiger partial charge in [-0.3, -0.25) is 4.98 Å². The molecule has 0 amide bonds. The average Bonchev–Trinajstić information content (AvgIpc) is 3.72. The van der Waals surface area contributed by atoms with Crippen molar-refractivity contribution in [2.24, 2.45) is 0 Å². The highest BCUT2D eigenvalue weighted by atomic mass is 19.4. The van der Waals surface area contributed by atoms with Gasteiger partial charge in [0.2, 0.25) is 0 Å². The fourth-order valence-corrected chi connectivity index (χ4v) is 8.18. The summed E-state index contributed by atoms with van der Waals surface area (Å²) in [6, 6.07) is 33.7. The molecule has 10 rings (SSSR count). The summed E-state index contributed by atoms with van der Waals surface area (Å²) in [5, 5.41) is 3.70. The number of hydrogen-bond donors (Lipinski definition) is 0. The SMILES string of the molecule is Cc1nc(C)nc(-c2ccc3c(c2)c2ccccc2n3-c2ccc(C(F)(F)F)c(-c3cnccc3-n3c4ccccc4c4cc(-c5nc(C)nc(C)n5)ccc43)c2)n1. The van der Waals surface area contributed by atoms with Gasteiger partial charge < -0.3 is 9.13 Å². The largest absolute Gasteiger partial charge is 0.417 e. The maximum Gasteiger partial charge on any atom is 0.417 e. The van der Waals surface area contributed by atoms with Crippen molar-refractivity contribution in [1.82, 2.24) is 44.0 Å². The summed E-state index contributed by atoms with van der Waals surface area (Å²) in [4.78, 5) is 31.4. The van der Waals surface area contributed by atoms with Crippen molar-refractivity contribution >= 4 is 43.6 Å². The number of alkyl halides is 3. The zero-order valence-corrected chi connectivity index (χ0v) is 31.7. The van der Waals surface area contributed by atoms with Crippen LogP contribution in [-0.2, 0) is 6.18 Å². The second kappa shape index (κ2) is 13.1. The zero-order valence-electron chi connectivity index (χ0n) is 31.7. The minimum absolute atomic E-state index is 0.00507. The van der Waals surface area contributed by atoms with E-state index in [-0.39, 0.29) is 5.56 Å². The number of hydrogen-bond acceptors (Lipinski definition) is 7. The maximum absolute atomic E-state index is 15.2. The van der Waals surface area contributed by atoms with Gasteiger partial charge in [-0.1, -0.05) is 36.4 Å². The first kappa shape index (κ1) is 35.1. The lowest BCUT2D eigenvalue weighted by Gasteiger charge is -2.19. The molecule has 0 atom stereocenters. The third kappa shape index (κ3) is 5.75. The monoisotopic (exact) mass is 767 g/mol. The van der Waals surface area contributed by atoms with Crippen molar-refractivity contribution in [2.45, 2.75) is 33.9 Å². The molecule has 282 valence electrons. The smallest absolute Gasteiger partial charge is 0.309 e. The molecule has 0 saturated heterocycles. The van der Waals surface area contributed by atoms with Crippen molar-refractivity contribution in [2.75, 3.05) is 0 Å². The molecule has 0 N–H and O–H groups in total. The molecule has 58 heavy (non-hydrogen) atoms. The van der Waals surface area contributed by atoms with Gasteiger partial charge in [0.15, 0.2) is 11.6 Å². The molecule has 0 saturated carbocycles. The molecule has 0 aliphatic rings. The van der Waals surface area contributed by atoms with E-state index in [1.165, 1.54) is 18.3 Å². The highest BCUT2D eigenvalue weighted by Crippen LogP contribution is 2.44. The summed E-state index contributed by atoms with van der Waals surface area (Å²) < 4.78 is 49.5. The van der Waals surface area contributed by atoms with Crippen molar-refractivity contribution in [3.63, 3.8) is 0 Å². The third-order valence-corrected chi connectivity index (χ3v) is 10.5. The molecule has 10 aromatic rings. The molecule has 5 aromatic carbocycles. The molecule has 0 bridgehead atoms. The van der Waals surface area contributed by atoms with Crippen LogP contribution in [0.15, 0.2) is 122 Å². The Kier molecular flexibility index (Phi) is 7.94. The van der Waals surface area contributed by atoms with Crippen molar-refractivity contribution < 1.29 is 13.2 Å². The molecule has 5 aromatic heterocycles. The molecule has 0 unspecified atom stereocenters. The van der Waals surface area contributed by atoms with Crippen molar-refractivity contribution in [3.8, 4) is 45.3 Å². The van der Waals surface area contributed by atoms with E-state index >= 15 is 13.2 Å². The number of benzene rings is 5. The predicted octanol–water partition coefficient (Wildman–Crippen LogP) is 10.9. The van der Waals surface area contributed by atoms with Crippen LogP contribution in [0.3, 0.4) is 0 Å². The van der Waals surface area contributed by atoms with Gasteiger partial charge in [-0.25, -0.2) is 29.9 Å². The van der Waals surface area contributed by atoms with Crippen LogP contribution in [0.5, 0.6) is 0 Å². The fourth-order valence-electron chi connectivity index (χ4n) is 8.18. The minimum atomic E-state index is -4.66. The van der Waals surface area contributed by atoms with Crippen LogP contribution in [0, 0.1) is 27.7 Å². The Balaban J connectivity index is 1.19. The number of para-hydroxylation sites is 2. The number of pyridine rings is 1. The first-order chi connectivity index (χ1) is 28.0. The van der Waals surface area contributed by atoms with E-state index in [9.17, 15) is 0 Å². The lowest BCUT2D eigenvalue weighted by molar-refractivity contribution is -0.137. The number of halogens is 3. The van der Waals surface area contributed by atoms with E-state index in [2.05, 4.69) is 34.9 Å². The molecular formula is C46H32F3N9. The van der Waals surface area contributed by atoms with Gasteiger partial charge in [0, 0.05) is 56.3 Å². The summed E-state index contributed by atoms with van der Waals surface area (Å²) in [7, 11) is 0. The Labute approximate surface area is 329 Å². The molecule has 9 nitrogen and oxygen atoms in total. The molecule has 5 heterocycles. The van der Waals surface area contributed by atoms with E-state index in [4.69, 9.17) is 0 Å². The van der Waals surface area contributed by atoms with Gasteiger partial charge in [0.1, 0.15) is 23.3 Å². The molecule has 0 fully saturated rings. The topological polar surface area (TPSA) is 100 Å². The number of nitrogens with zero attached hydrogens (tertiary/aromatic N) is 9. The molecule has 0 aliphatic heterocycles. The number of fused-ring (bicyclic) bond motifs is 6. The summed E-state index contributed by atoms with van der Waals surface area (Å²) >= 11 is 0. The Hall–Kier alpha value is -7.34. The van der Waals surface area contributed by atoms with Gasteiger partial charge in [0.05, 0.1) is 33.3 Å². The molecule has 0 aliphatic carbocycles. The van der Waals surface area contributed by atoms with Gasteiger partial charge in [0.25, 0.3) is 0 Å². The predicted molar refractivity (Wildman–Crippen MR) is 220 cm³/mol. The molecule has 0 radical (unpaired) electrons. The van der Waals surface area contributed by atoms with Crippen LogP contribution in [0.25, 0.3) is 88.9 Å². The first-order valence-electron chi connectivity index (χ1n) is 18.6. The van der Waals surface area contributed by atoms with Gasteiger partial charge in [-0.2, -0.15) is 13.2 Å². The van der Waals surface area contributed by atoms with Crippen molar-refractivity contribution in [3.05, 3.63) is 150 Å².